The molecule has 0 N–H and O–H groups in total. The van der Waals surface area contributed by atoms with E-state index in [4.69, 9.17) is 0 Å². The van der Waals surface area contributed by atoms with Gasteiger partial charge in [-0.05, 0) is 17.0 Å². The van der Waals surface area contributed by atoms with Gasteiger partial charge in [-0.2, -0.15) is 5.10 Å². The molecule has 21 heavy (non-hydrogen) atoms. The minimum Gasteiger partial charge on any atom is -0.264 e. The van der Waals surface area contributed by atoms with Crippen LogP contribution in [0.25, 0.3) is 0 Å². The molecule has 0 atom stereocenters. The van der Waals surface area contributed by atoms with E-state index >= 15 is 0 Å². The van der Waals surface area contributed by atoms with Crippen LogP contribution in [-0.2, 0) is 17.4 Å². The quantitative estimate of drug-likeness (QED) is 0.785. The Kier molecular flexibility index (Phi) is 3.96. The fraction of sp³-hybridized carbons (Fsp3) is 0.500. The van der Waals surface area contributed by atoms with E-state index in [0.717, 1.165) is 0 Å². The van der Waals surface area contributed by atoms with Crippen molar-refractivity contribution in [2.75, 3.05) is 0 Å². The van der Waals surface area contributed by atoms with E-state index in [2.05, 4.69) is 46.6 Å². The van der Waals surface area contributed by atoms with Gasteiger partial charge in [0.2, 0.25) is 0 Å². The van der Waals surface area contributed by atoms with Crippen LogP contribution in [0, 0.1) is 5.82 Å². The first-order valence-electron chi connectivity index (χ1n) is 7.41. The lowest BCUT2D eigenvalue weighted by molar-refractivity contribution is 0.475. The summed E-state index contributed by atoms with van der Waals surface area (Å²) >= 11 is 0. The van der Waals surface area contributed by atoms with Crippen molar-refractivity contribution in [3.05, 3.63) is 53.1 Å². The maximum Gasteiger partial charge on any atom is 0.128 e. The summed E-state index contributed by atoms with van der Waals surface area (Å²) in [5.41, 5.74) is 3.07. The average molecular weight is 288 g/mol. The first kappa shape index (κ1) is 15.7. The molecule has 2 aromatic rings. The van der Waals surface area contributed by atoms with Crippen molar-refractivity contribution in [1.82, 2.24) is 9.78 Å². The van der Waals surface area contributed by atoms with E-state index < -0.39 is 0 Å². The van der Waals surface area contributed by atoms with Gasteiger partial charge >= 0.3 is 0 Å². The lowest BCUT2D eigenvalue weighted by Gasteiger charge is -2.28. The summed E-state index contributed by atoms with van der Waals surface area (Å²) in [5, 5.41) is 4.54. The molecule has 0 saturated carbocycles. The second-order valence-electron chi connectivity index (χ2n) is 7.66. The molecule has 1 heterocycles. The Hall–Kier alpha value is -1.64. The Morgan fingerprint density at radius 2 is 1.62 bits per heavy atom. The molecule has 0 unspecified atom stereocenters. The number of halogens is 1. The number of rotatable bonds is 2. The van der Waals surface area contributed by atoms with Crippen molar-refractivity contribution < 1.29 is 4.39 Å². The summed E-state index contributed by atoms with van der Waals surface area (Å²) in [6.45, 7) is 13.6. The van der Waals surface area contributed by atoms with Gasteiger partial charge in [-0.25, -0.2) is 4.39 Å². The van der Waals surface area contributed by atoms with Gasteiger partial charge in [0.1, 0.15) is 5.82 Å². The van der Waals surface area contributed by atoms with Gasteiger partial charge < -0.3 is 0 Å². The molecular weight excluding hydrogens is 263 g/mol. The lowest BCUT2D eigenvalue weighted by atomic mass is 9.79. The molecule has 1 aromatic heterocycles. The molecule has 3 heteroatoms. The van der Waals surface area contributed by atoms with E-state index in [1.807, 2.05) is 23.0 Å². The fourth-order valence-electron chi connectivity index (χ4n) is 2.63. The van der Waals surface area contributed by atoms with E-state index in [9.17, 15) is 4.39 Å². The van der Waals surface area contributed by atoms with Gasteiger partial charge in [-0.15, -0.1) is 0 Å². The van der Waals surface area contributed by atoms with E-state index in [0.29, 0.717) is 12.1 Å². The first-order valence-corrected chi connectivity index (χ1v) is 7.41. The van der Waals surface area contributed by atoms with Gasteiger partial charge in [0.05, 0.1) is 12.7 Å². The SMILES string of the molecule is CC(C)(C)c1cnn(Cc2ccccc2F)c1C(C)(C)C. The van der Waals surface area contributed by atoms with E-state index in [-0.39, 0.29) is 16.6 Å². The van der Waals surface area contributed by atoms with Crippen molar-refractivity contribution in [3.8, 4) is 0 Å². The largest absolute Gasteiger partial charge is 0.264 e. The Morgan fingerprint density at radius 1 is 1.00 bits per heavy atom. The van der Waals surface area contributed by atoms with Crippen LogP contribution in [0.2, 0.25) is 0 Å². The number of hydrogen-bond donors (Lipinski definition) is 0. The summed E-state index contributed by atoms with van der Waals surface area (Å²) in [6, 6.07) is 6.90. The molecule has 2 rings (SSSR count). The van der Waals surface area contributed by atoms with Gasteiger partial charge in [0, 0.05) is 16.7 Å². The third-order valence-electron chi connectivity index (χ3n) is 3.64. The summed E-state index contributed by atoms with van der Waals surface area (Å²) in [6.07, 6.45) is 1.93. The molecule has 114 valence electrons. The molecule has 0 amide bonds. The molecule has 2 nitrogen and oxygen atoms in total. The van der Waals surface area contributed by atoms with Crippen LogP contribution < -0.4 is 0 Å². The van der Waals surface area contributed by atoms with Gasteiger partial charge in [0.15, 0.2) is 0 Å². The Balaban J connectivity index is 2.51. The van der Waals surface area contributed by atoms with Crippen LogP contribution in [-0.4, -0.2) is 9.78 Å². The second-order valence-corrected chi connectivity index (χ2v) is 7.66. The number of nitrogens with zero attached hydrogens (tertiary/aromatic N) is 2. The molecule has 0 radical (unpaired) electrons. The molecular formula is C18H25FN2. The van der Waals surface area contributed by atoms with Crippen molar-refractivity contribution >= 4 is 0 Å². The van der Waals surface area contributed by atoms with Crippen LogP contribution in [0.5, 0.6) is 0 Å². The minimum atomic E-state index is -0.176. The van der Waals surface area contributed by atoms with Crippen molar-refractivity contribution in [2.24, 2.45) is 0 Å². The van der Waals surface area contributed by atoms with Crippen molar-refractivity contribution in [3.63, 3.8) is 0 Å². The van der Waals surface area contributed by atoms with Crippen LogP contribution in [0.4, 0.5) is 4.39 Å². The highest BCUT2D eigenvalue weighted by Crippen LogP contribution is 2.34. The topological polar surface area (TPSA) is 17.8 Å². The monoisotopic (exact) mass is 288 g/mol. The van der Waals surface area contributed by atoms with E-state index in [1.54, 1.807) is 6.07 Å². The maximum atomic E-state index is 13.9. The second kappa shape index (κ2) is 5.28. The number of aromatic nitrogens is 2. The molecule has 0 bridgehead atoms. The van der Waals surface area contributed by atoms with Crippen molar-refractivity contribution in [1.29, 1.82) is 0 Å². The summed E-state index contributed by atoms with van der Waals surface area (Å²) < 4.78 is 15.8. The predicted octanol–water partition coefficient (Wildman–Crippen LogP) is 4.67. The predicted molar refractivity (Wildman–Crippen MR) is 85.1 cm³/mol. The minimum absolute atomic E-state index is 0.0239. The lowest BCUT2D eigenvalue weighted by Crippen LogP contribution is -2.25. The third-order valence-corrected chi connectivity index (χ3v) is 3.64. The van der Waals surface area contributed by atoms with Crippen LogP contribution in [0.3, 0.4) is 0 Å². The molecule has 0 aliphatic rings. The molecule has 0 aliphatic heterocycles. The average Bonchev–Trinajstić information content (AvgIpc) is 2.75. The summed E-state index contributed by atoms with van der Waals surface area (Å²) in [7, 11) is 0. The number of benzene rings is 1. The Morgan fingerprint density at radius 3 is 2.14 bits per heavy atom. The van der Waals surface area contributed by atoms with Crippen LogP contribution in [0.1, 0.15) is 58.4 Å². The molecule has 1 aromatic carbocycles. The smallest absolute Gasteiger partial charge is 0.128 e. The highest BCUT2D eigenvalue weighted by molar-refractivity contribution is 5.32. The zero-order valence-corrected chi connectivity index (χ0v) is 13.9. The zero-order valence-electron chi connectivity index (χ0n) is 13.9. The molecule has 0 fully saturated rings. The maximum absolute atomic E-state index is 13.9. The Labute approximate surface area is 127 Å². The zero-order chi connectivity index (χ0) is 15.8. The van der Waals surface area contributed by atoms with Crippen LogP contribution >= 0.6 is 0 Å². The highest BCUT2D eigenvalue weighted by Gasteiger charge is 2.29. The van der Waals surface area contributed by atoms with Crippen LogP contribution in [0.15, 0.2) is 30.5 Å². The summed E-state index contributed by atoms with van der Waals surface area (Å²) in [5.74, 6) is -0.176. The third kappa shape index (κ3) is 3.34. The summed E-state index contributed by atoms with van der Waals surface area (Å²) in [4.78, 5) is 0. The Bertz CT molecular complexity index is 627. The first-order chi connectivity index (χ1) is 9.60. The number of hydrogen-bond acceptors (Lipinski definition) is 1. The molecule has 0 saturated heterocycles. The molecule has 0 aliphatic carbocycles. The molecule has 0 spiro atoms. The van der Waals surface area contributed by atoms with Gasteiger partial charge in [0.25, 0.3) is 0 Å². The van der Waals surface area contributed by atoms with Crippen molar-refractivity contribution in [2.45, 2.75) is 58.9 Å². The van der Waals surface area contributed by atoms with Gasteiger partial charge in [-0.1, -0.05) is 59.7 Å². The van der Waals surface area contributed by atoms with Gasteiger partial charge in [-0.3, -0.25) is 4.68 Å². The fourth-order valence-corrected chi connectivity index (χ4v) is 2.63. The highest BCUT2D eigenvalue weighted by atomic mass is 19.1. The normalized spacial score (nSPS) is 12.7. The standard InChI is InChI=1S/C18H25FN2/c1-17(2,3)14-11-20-21(16(14)18(4,5)6)12-13-9-7-8-10-15(13)19/h7-11H,12H2,1-6H3. The van der Waals surface area contributed by atoms with E-state index in [1.165, 1.54) is 17.3 Å².